The summed E-state index contributed by atoms with van der Waals surface area (Å²) in [6, 6.07) is 0. The van der Waals surface area contributed by atoms with E-state index in [-0.39, 0.29) is 24.8 Å². The number of nitrogens with one attached hydrogen (secondary N) is 1. The van der Waals surface area contributed by atoms with Crippen molar-refractivity contribution in [2.75, 3.05) is 7.05 Å². The minimum Gasteiger partial charge on any atom is -0.371 e. The van der Waals surface area contributed by atoms with Crippen molar-refractivity contribution in [3.63, 3.8) is 0 Å². The van der Waals surface area contributed by atoms with Crippen LogP contribution in [0, 0.1) is 0 Å². The first-order valence-corrected chi connectivity index (χ1v) is 2.67. The van der Waals surface area contributed by atoms with Crippen LogP contribution in [0.15, 0.2) is 0 Å². The molecule has 1 radical (unpaired) electrons. The Morgan fingerprint density at radius 3 is 2.56 bits per heavy atom. The van der Waals surface area contributed by atoms with Crippen molar-refractivity contribution in [2.45, 2.75) is 19.8 Å². The summed E-state index contributed by atoms with van der Waals surface area (Å²) in [5, 5.41) is 0. The molecule has 0 fully saturated rings. The topological polar surface area (TPSA) is 38.3 Å². The molecular weight excluding hydrogens is 113 g/mol. The number of carbonyl (C=O) groups is 1. The van der Waals surface area contributed by atoms with E-state index in [2.05, 4.69) is 10.3 Å². The second-order valence-corrected chi connectivity index (χ2v) is 1.43. The number of carbonyl (C=O) groups excluding carboxylic acids is 1. The molecule has 0 bridgehead atoms. The third-order valence-electron chi connectivity index (χ3n) is 0.670. The van der Waals surface area contributed by atoms with Gasteiger partial charge >= 0.3 is 5.97 Å². The van der Waals surface area contributed by atoms with Gasteiger partial charge in [-0.1, -0.05) is 6.92 Å². The quantitative estimate of drug-likeness (QED) is 0.427. The van der Waals surface area contributed by atoms with E-state index in [9.17, 15) is 4.79 Å². The molecular formula is C5H11LiNO2. The summed E-state index contributed by atoms with van der Waals surface area (Å²) in [5.41, 5.74) is 2.30. The van der Waals surface area contributed by atoms with Gasteiger partial charge in [-0.15, -0.1) is 0 Å². The third kappa shape index (κ3) is 8.03. The minimum atomic E-state index is -0.199. The summed E-state index contributed by atoms with van der Waals surface area (Å²) < 4.78 is 0. The Balaban J connectivity index is 0. The standard InChI is InChI=1S/C5H11NO2.Li/c1-3-4-5(7)8-6-2;/h6H,3-4H2,1-2H3;. The molecule has 0 aliphatic rings. The fourth-order valence-corrected chi connectivity index (χ4v) is 0.369. The Morgan fingerprint density at radius 2 is 2.22 bits per heavy atom. The van der Waals surface area contributed by atoms with Crippen LogP contribution < -0.4 is 5.48 Å². The first-order valence-electron chi connectivity index (χ1n) is 2.67. The normalized spacial score (nSPS) is 7.78. The average Bonchev–Trinajstić information content (AvgIpc) is 1.68. The van der Waals surface area contributed by atoms with Gasteiger partial charge in [-0.3, -0.25) is 4.79 Å². The summed E-state index contributed by atoms with van der Waals surface area (Å²) >= 11 is 0. The second kappa shape index (κ2) is 8.03. The van der Waals surface area contributed by atoms with Gasteiger partial charge in [-0.2, -0.15) is 5.48 Å². The van der Waals surface area contributed by atoms with Gasteiger partial charge in [0.1, 0.15) is 0 Å². The molecule has 0 atom stereocenters. The van der Waals surface area contributed by atoms with E-state index < -0.39 is 0 Å². The van der Waals surface area contributed by atoms with E-state index in [1.54, 1.807) is 7.05 Å². The molecule has 0 aromatic rings. The summed E-state index contributed by atoms with van der Waals surface area (Å²) in [5.74, 6) is -0.199. The van der Waals surface area contributed by atoms with Crippen LogP contribution in [0.1, 0.15) is 19.8 Å². The Morgan fingerprint density at radius 1 is 1.67 bits per heavy atom. The molecule has 0 heterocycles. The van der Waals surface area contributed by atoms with Gasteiger partial charge in [0.05, 0.1) is 0 Å². The van der Waals surface area contributed by atoms with Crippen LogP contribution in [0.3, 0.4) is 0 Å². The molecule has 0 unspecified atom stereocenters. The van der Waals surface area contributed by atoms with Crippen molar-refractivity contribution < 1.29 is 9.63 Å². The average molecular weight is 124 g/mol. The smallest absolute Gasteiger partial charge is 0.324 e. The number of hydroxylamine groups is 1. The first kappa shape index (κ1) is 11.8. The largest absolute Gasteiger partial charge is 0.371 e. The zero-order valence-electron chi connectivity index (χ0n) is 6.23. The zero-order chi connectivity index (χ0) is 6.41. The number of rotatable bonds is 3. The monoisotopic (exact) mass is 124 g/mol. The number of hydrogen-bond donors (Lipinski definition) is 1. The molecule has 0 amide bonds. The van der Waals surface area contributed by atoms with Gasteiger partial charge in [-0.25, -0.2) is 0 Å². The Bertz CT molecular complexity index is 69.4. The Kier molecular flexibility index (Phi) is 10.5. The number of hydrogen-bond acceptors (Lipinski definition) is 3. The van der Waals surface area contributed by atoms with E-state index in [4.69, 9.17) is 0 Å². The first-order chi connectivity index (χ1) is 3.81. The summed E-state index contributed by atoms with van der Waals surface area (Å²) in [6.45, 7) is 1.93. The second-order valence-electron chi connectivity index (χ2n) is 1.43. The molecule has 0 aromatic carbocycles. The van der Waals surface area contributed by atoms with Crippen molar-refractivity contribution in [2.24, 2.45) is 0 Å². The maximum atomic E-state index is 10.4. The van der Waals surface area contributed by atoms with E-state index in [1.165, 1.54) is 0 Å². The molecule has 0 aliphatic heterocycles. The molecule has 0 aromatic heterocycles. The SMILES string of the molecule is CCCC(=O)ONC.[Li]. The molecule has 0 aliphatic carbocycles. The van der Waals surface area contributed by atoms with Crippen LogP contribution in [-0.2, 0) is 9.63 Å². The van der Waals surface area contributed by atoms with Gasteiger partial charge in [0.15, 0.2) is 0 Å². The van der Waals surface area contributed by atoms with Crippen molar-refractivity contribution in [1.29, 1.82) is 0 Å². The van der Waals surface area contributed by atoms with Crippen LogP contribution in [-0.4, -0.2) is 31.9 Å². The maximum absolute atomic E-state index is 10.4. The molecule has 0 rings (SSSR count). The van der Waals surface area contributed by atoms with Crippen LogP contribution in [0.5, 0.6) is 0 Å². The summed E-state index contributed by atoms with van der Waals surface area (Å²) in [7, 11) is 1.56. The van der Waals surface area contributed by atoms with Crippen molar-refractivity contribution in [3.05, 3.63) is 0 Å². The third-order valence-corrected chi connectivity index (χ3v) is 0.670. The van der Waals surface area contributed by atoms with E-state index in [1.807, 2.05) is 6.92 Å². The van der Waals surface area contributed by atoms with Crippen LogP contribution in [0.2, 0.25) is 0 Å². The van der Waals surface area contributed by atoms with Crippen LogP contribution in [0.4, 0.5) is 0 Å². The Hall–Kier alpha value is 0.0274. The predicted octanol–water partition coefficient (Wildman–Crippen LogP) is 0.0833. The molecule has 9 heavy (non-hydrogen) atoms. The van der Waals surface area contributed by atoms with Crippen molar-refractivity contribution >= 4 is 24.8 Å². The van der Waals surface area contributed by atoms with Gasteiger partial charge in [-0.05, 0) is 6.42 Å². The fourth-order valence-electron chi connectivity index (χ4n) is 0.369. The van der Waals surface area contributed by atoms with Gasteiger partial charge in [0, 0.05) is 32.3 Å². The molecule has 4 heteroatoms. The van der Waals surface area contributed by atoms with Gasteiger partial charge < -0.3 is 4.84 Å². The molecule has 1 N–H and O–H groups in total. The molecule has 0 saturated carbocycles. The molecule has 0 spiro atoms. The Labute approximate surface area is 67.3 Å². The van der Waals surface area contributed by atoms with Gasteiger partial charge in [0.2, 0.25) is 0 Å². The maximum Gasteiger partial charge on any atom is 0.324 e. The van der Waals surface area contributed by atoms with Crippen molar-refractivity contribution in [3.8, 4) is 0 Å². The summed E-state index contributed by atoms with van der Waals surface area (Å²) in [6.07, 6.45) is 1.32. The van der Waals surface area contributed by atoms with Crippen LogP contribution >= 0.6 is 0 Å². The van der Waals surface area contributed by atoms with E-state index >= 15 is 0 Å². The van der Waals surface area contributed by atoms with E-state index in [0.717, 1.165) is 6.42 Å². The predicted molar refractivity (Wildman–Crippen MR) is 35.8 cm³/mol. The molecule has 3 nitrogen and oxygen atoms in total. The minimum absolute atomic E-state index is 0. The fraction of sp³-hybridized carbons (Fsp3) is 0.800. The zero-order valence-corrected chi connectivity index (χ0v) is 6.23. The van der Waals surface area contributed by atoms with Crippen molar-refractivity contribution in [1.82, 2.24) is 5.48 Å². The van der Waals surface area contributed by atoms with Crippen LogP contribution in [0.25, 0.3) is 0 Å². The van der Waals surface area contributed by atoms with E-state index in [0.29, 0.717) is 6.42 Å². The molecule has 49 valence electrons. The van der Waals surface area contributed by atoms with Gasteiger partial charge in [0.25, 0.3) is 0 Å². The summed E-state index contributed by atoms with van der Waals surface area (Å²) in [4.78, 5) is 14.8. The molecule has 0 saturated heterocycles.